The number of carbonyl (C=O) groups is 1. The summed E-state index contributed by atoms with van der Waals surface area (Å²) in [5.74, 6) is -0.457. The highest BCUT2D eigenvalue weighted by Gasteiger charge is 2.14. The highest BCUT2D eigenvalue weighted by atomic mass is 35.5. The first kappa shape index (κ1) is 18.4. The summed E-state index contributed by atoms with van der Waals surface area (Å²) in [5, 5.41) is 1.33. The van der Waals surface area contributed by atoms with E-state index in [9.17, 15) is 4.79 Å². The Morgan fingerprint density at radius 2 is 2.00 bits per heavy atom. The van der Waals surface area contributed by atoms with Crippen LogP contribution < -0.4 is 4.80 Å². The van der Waals surface area contributed by atoms with Gasteiger partial charge in [0.15, 0.2) is 4.80 Å². The molecule has 130 valence electrons. The molecule has 0 unspecified atom stereocenters. The first-order chi connectivity index (χ1) is 12.0. The van der Waals surface area contributed by atoms with E-state index in [4.69, 9.17) is 39.5 Å². The molecule has 8 heteroatoms. The fourth-order valence-electron chi connectivity index (χ4n) is 2.37. The van der Waals surface area contributed by atoms with E-state index < -0.39 is 5.91 Å². The van der Waals surface area contributed by atoms with Crippen LogP contribution >= 0.6 is 46.1 Å². The molecular weight excluding hydrogens is 403 g/mol. The molecule has 0 radical (unpaired) electrons. The predicted molar refractivity (Wildman–Crippen MR) is 103 cm³/mol. The fourth-order valence-corrected chi connectivity index (χ4v) is 4.16. The van der Waals surface area contributed by atoms with Crippen LogP contribution in [0.15, 0.2) is 41.4 Å². The largest absolute Gasteiger partial charge is 0.383 e. The Hall–Kier alpha value is -1.37. The van der Waals surface area contributed by atoms with E-state index in [1.165, 1.54) is 17.4 Å². The van der Waals surface area contributed by atoms with Gasteiger partial charge in [-0.1, -0.05) is 52.2 Å². The number of para-hydroxylation sites is 1. The second kappa shape index (κ2) is 7.89. The molecule has 2 aromatic carbocycles. The number of rotatable bonds is 4. The summed E-state index contributed by atoms with van der Waals surface area (Å²) >= 11 is 19.8. The number of fused-ring (bicyclic) bond motifs is 1. The number of halogens is 3. The zero-order valence-electron chi connectivity index (χ0n) is 13.1. The molecule has 0 spiro atoms. The monoisotopic (exact) mass is 414 g/mol. The van der Waals surface area contributed by atoms with E-state index in [1.54, 1.807) is 25.3 Å². The van der Waals surface area contributed by atoms with Crippen LogP contribution in [-0.4, -0.2) is 24.2 Å². The van der Waals surface area contributed by atoms with Gasteiger partial charge in [0, 0.05) is 18.7 Å². The summed E-state index contributed by atoms with van der Waals surface area (Å²) in [6.45, 7) is 0.992. The number of ether oxygens (including phenoxy) is 1. The molecule has 0 aliphatic rings. The molecule has 25 heavy (non-hydrogen) atoms. The predicted octanol–water partition coefficient (Wildman–Crippen LogP) is 5.05. The average Bonchev–Trinajstić information content (AvgIpc) is 2.93. The normalized spacial score (nSPS) is 12.1. The maximum Gasteiger partial charge on any atom is 0.281 e. The van der Waals surface area contributed by atoms with E-state index in [0.29, 0.717) is 33.0 Å². The number of aromatic nitrogens is 1. The zero-order valence-corrected chi connectivity index (χ0v) is 16.2. The Bertz CT molecular complexity index is 1010. The molecule has 0 saturated carbocycles. The summed E-state index contributed by atoms with van der Waals surface area (Å²) in [4.78, 5) is 17.4. The smallest absolute Gasteiger partial charge is 0.281 e. The first-order valence-electron chi connectivity index (χ1n) is 7.32. The van der Waals surface area contributed by atoms with Gasteiger partial charge in [-0.15, -0.1) is 0 Å². The minimum Gasteiger partial charge on any atom is -0.383 e. The van der Waals surface area contributed by atoms with Crippen molar-refractivity contribution in [2.24, 2.45) is 4.99 Å². The fraction of sp³-hybridized carbons (Fsp3) is 0.176. The number of hydrogen-bond donors (Lipinski definition) is 0. The van der Waals surface area contributed by atoms with Gasteiger partial charge in [0.2, 0.25) is 0 Å². The van der Waals surface area contributed by atoms with Gasteiger partial charge in [-0.2, -0.15) is 4.99 Å². The molecule has 1 aromatic heterocycles. The molecule has 3 aromatic rings. The van der Waals surface area contributed by atoms with Crippen LogP contribution in [0.3, 0.4) is 0 Å². The molecule has 0 bridgehead atoms. The Labute approximate surface area is 163 Å². The van der Waals surface area contributed by atoms with Gasteiger partial charge >= 0.3 is 0 Å². The number of benzene rings is 2. The van der Waals surface area contributed by atoms with Crippen molar-refractivity contribution in [3.63, 3.8) is 0 Å². The van der Waals surface area contributed by atoms with Crippen molar-refractivity contribution in [1.29, 1.82) is 0 Å². The van der Waals surface area contributed by atoms with E-state index >= 15 is 0 Å². The van der Waals surface area contributed by atoms with Crippen molar-refractivity contribution in [2.45, 2.75) is 6.54 Å². The number of amides is 1. The van der Waals surface area contributed by atoms with Crippen LogP contribution in [0.25, 0.3) is 10.2 Å². The maximum absolute atomic E-state index is 12.6. The lowest BCUT2D eigenvalue weighted by Crippen LogP contribution is -2.19. The number of hydrogen-bond acceptors (Lipinski definition) is 3. The van der Waals surface area contributed by atoms with Gasteiger partial charge in [-0.05, 0) is 30.3 Å². The SMILES string of the molecule is COCCn1c(=NC(=O)c2cc(Cl)ccc2Cl)sc2cccc(Cl)c21. The van der Waals surface area contributed by atoms with Crippen LogP contribution in [0.1, 0.15) is 10.4 Å². The first-order valence-corrected chi connectivity index (χ1v) is 9.27. The molecule has 3 rings (SSSR count). The van der Waals surface area contributed by atoms with E-state index in [0.717, 1.165) is 10.2 Å². The molecular formula is C17H13Cl3N2O2S. The van der Waals surface area contributed by atoms with Crippen molar-refractivity contribution in [3.8, 4) is 0 Å². The van der Waals surface area contributed by atoms with E-state index in [1.807, 2.05) is 16.7 Å². The summed E-state index contributed by atoms with van der Waals surface area (Å²) < 4.78 is 7.97. The molecule has 0 fully saturated rings. The molecule has 0 aliphatic carbocycles. The second-order valence-electron chi connectivity index (χ2n) is 5.16. The lowest BCUT2D eigenvalue weighted by molar-refractivity contribution is 0.0997. The second-order valence-corrected chi connectivity index (χ2v) is 7.42. The number of carbonyl (C=O) groups excluding carboxylic acids is 1. The van der Waals surface area contributed by atoms with Crippen molar-refractivity contribution in [2.75, 3.05) is 13.7 Å². The van der Waals surface area contributed by atoms with Gasteiger partial charge in [0.1, 0.15) is 0 Å². The van der Waals surface area contributed by atoms with Crippen molar-refractivity contribution in [3.05, 3.63) is 61.8 Å². The van der Waals surface area contributed by atoms with Gasteiger partial charge < -0.3 is 9.30 Å². The van der Waals surface area contributed by atoms with E-state index in [-0.39, 0.29) is 5.56 Å². The van der Waals surface area contributed by atoms with Crippen LogP contribution in [0.5, 0.6) is 0 Å². The Morgan fingerprint density at radius 1 is 1.20 bits per heavy atom. The lowest BCUT2D eigenvalue weighted by atomic mass is 10.2. The molecule has 0 atom stereocenters. The van der Waals surface area contributed by atoms with E-state index in [2.05, 4.69) is 4.99 Å². The van der Waals surface area contributed by atoms with Crippen molar-refractivity contribution < 1.29 is 9.53 Å². The minimum absolute atomic E-state index is 0.260. The summed E-state index contributed by atoms with van der Waals surface area (Å²) in [6, 6.07) is 10.3. The highest BCUT2D eigenvalue weighted by molar-refractivity contribution is 7.16. The van der Waals surface area contributed by atoms with Gasteiger partial charge in [0.25, 0.3) is 5.91 Å². The Kier molecular flexibility index (Phi) is 5.81. The quantitative estimate of drug-likeness (QED) is 0.598. The van der Waals surface area contributed by atoms with Crippen LogP contribution in [0, 0.1) is 0 Å². The van der Waals surface area contributed by atoms with Gasteiger partial charge in [0.05, 0.1) is 32.4 Å². The molecule has 1 heterocycles. The molecule has 0 aliphatic heterocycles. The van der Waals surface area contributed by atoms with Gasteiger partial charge in [-0.3, -0.25) is 4.79 Å². The summed E-state index contributed by atoms with van der Waals surface area (Å²) in [6.07, 6.45) is 0. The van der Waals surface area contributed by atoms with Crippen molar-refractivity contribution in [1.82, 2.24) is 4.57 Å². The summed E-state index contributed by atoms with van der Waals surface area (Å²) in [5.41, 5.74) is 1.09. The third-order valence-corrected chi connectivity index (χ3v) is 5.44. The third-order valence-electron chi connectivity index (χ3n) is 3.53. The van der Waals surface area contributed by atoms with Crippen molar-refractivity contribution >= 4 is 62.3 Å². The zero-order chi connectivity index (χ0) is 18.0. The highest BCUT2D eigenvalue weighted by Crippen LogP contribution is 2.26. The Morgan fingerprint density at radius 3 is 2.76 bits per heavy atom. The topological polar surface area (TPSA) is 43.6 Å². The van der Waals surface area contributed by atoms with Gasteiger partial charge in [-0.25, -0.2) is 0 Å². The lowest BCUT2D eigenvalue weighted by Gasteiger charge is -2.05. The minimum atomic E-state index is -0.457. The number of nitrogens with zero attached hydrogens (tertiary/aromatic N) is 2. The third kappa shape index (κ3) is 3.91. The Balaban J connectivity index is 2.16. The molecule has 4 nitrogen and oxygen atoms in total. The number of methoxy groups -OCH3 is 1. The average molecular weight is 416 g/mol. The molecule has 0 saturated heterocycles. The molecule has 1 amide bonds. The number of thiazole rings is 1. The van der Waals surface area contributed by atoms with Crippen LogP contribution in [0.4, 0.5) is 0 Å². The maximum atomic E-state index is 12.6. The van der Waals surface area contributed by atoms with Crippen LogP contribution in [-0.2, 0) is 11.3 Å². The standard InChI is InChI=1S/C17H13Cl3N2O2S/c1-24-8-7-22-15-13(20)3-2-4-14(15)25-17(22)21-16(23)11-9-10(18)5-6-12(11)19/h2-6,9H,7-8H2,1H3. The van der Waals surface area contributed by atoms with Crippen LogP contribution in [0.2, 0.25) is 15.1 Å². The molecule has 0 N–H and O–H groups in total. The summed E-state index contributed by atoms with van der Waals surface area (Å²) in [7, 11) is 1.62.